The molecule has 2 N–H and O–H groups in total. The smallest absolute Gasteiger partial charge is 0.253 e. The van der Waals surface area contributed by atoms with Crippen LogP contribution in [0.4, 0.5) is 15.8 Å². The predicted molar refractivity (Wildman–Crippen MR) is 113 cm³/mol. The molecule has 3 rings (SSSR count). The first-order valence-electron chi connectivity index (χ1n) is 9.18. The van der Waals surface area contributed by atoms with Gasteiger partial charge >= 0.3 is 0 Å². The average molecular weight is 415 g/mol. The number of hydrogen-bond acceptors (Lipinski definition) is 4. The van der Waals surface area contributed by atoms with Gasteiger partial charge in [-0.15, -0.1) is 11.8 Å². The van der Waals surface area contributed by atoms with Crippen LogP contribution < -0.4 is 15.5 Å². The van der Waals surface area contributed by atoms with E-state index in [1.54, 1.807) is 6.92 Å². The zero-order chi connectivity index (χ0) is 21.0. The molecule has 0 aromatic heterocycles. The number of rotatable bonds is 5. The molecule has 1 aliphatic heterocycles. The first-order valence-corrected chi connectivity index (χ1v) is 10.3. The van der Waals surface area contributed by atoms with Crippen LogP contribution in [0.15, 0.2) is 42.5 Å². The summed E-state index contributed by atoms with van der Waals surface area (Å²) in [5.41, 5.74) is 2.30. The number of carbonyl (C=O) groups excluding carboxylic acids is 3. The monoisotopic (exact) mass is 415 g/mol. The van der Waals surface area contributed by atoms with Crippen LogP contribution in [0, 0.1) is 12.7 Å². The summed E-state index contributed by atoms with van der Waals surface area (Å²) in [5, 5.41) is 5.56. The molecule has 0 spiro atoms. The third kappa shape index (κ3) is 5.35. The highest BCUT2D eigenvalue weighted by molar-refractivity contribution is 8.00. The molecule has 0 radical (unpaired) electrons. The molecular weight excluding hydrogens is 393 g/mol. The summed E-state index contributed by atoms with van der Waals surface area (Å²) in [6.45, 7) is 3.98. The molecule has 2 aromatic rings. The molecule has 0 fully saturated rings. The van der Waals surface area contributed by atoms with Gasteiger partial charge in [0.1, 0.15) is 5.82 Å². The molecule has 0 bridgehead atoms. The lowest BCUT2D eigenvalue weighted by Crippen LogP contribution is -2.41. The number of aryl methyl sites for hydroxylation is 1. The van der Waals surface area contributed by atoms with Crippen molar-refractivity contribution in [2.24, 2.45) is 0 Å². The summed E-state index contributed by atoms with van der Waals surface area (Å²) in [5.74, 6) is -1.21. The van der Waals surface area contributed by atoms with E-state index in [9.17, 15) is 18.8 Å². The van der Waals surface area contributed by atoms with E-state index >= 15 is 0 Å². The van der Waals surface area contributed by atoms with Gasteiger partial charge in [0.15, 0.2) is 0 Å². The quantitative estimate of drug-likeness (QED) is 0.787. The number of halogens is 1. The third-order valence-electron chi connectivity index (χ3n) is 4.42. The second-order valence-electron chi connectivity index (χ2n) is 6.95. The molecule has 1 heterocycles. The van der Waals surface area contributed by atoms with Gasteiger partial charge in [-0.3, -0.25) is 14.4 Å². The zero-order valence-corrected chi connectivity index (χ0v) is 17.0. The van der Waals surface area contributed by atoms with Crippen molar-refractivity contribution in [1.29, 1.82) is 0 Å². The molecule has 0 aliphatic carbocycles. The van der Waals surface area contributed by atoms with Crippen molar-refractivity contribution in [1.82, 2.24) is 5.32 Å². The molecule has 3 amide bonds. The molecule has 2 aromatic carbocycles. The molecule has 0 unspecified atom stereocenters. The van der Waals surface area contributed by atoms with Crippen LogP contribution in [0.1, 0.15) is 22.8 Å². The summed E-state index contributed by atoms with van der Waals surface area (Å²) in [6, 6.07) is 10.9. The van der Waals surface area contributed by atoms with Gasteiger partial charge in [0, 0.05) is 18.3 Å². The summed E-state index contributed by atoms with van der Waals surface area (Å²) in [7, 11) is 0. The van der Waals surface area contributed by atoms with Gasteiger partial charge in [0.05, 0.1) is 22.8 Å². The van der Waals surface area contributed by atoms with E-state index in [1.165, 1.54) is 34.9 Å². The number of carbonyl (C=O) groups is 3. The Morgan fingerprint density at radius 3 is 2.66 bits per heavy atom. The van der Waals surface area contributed by atoms with Crippen molar-refractivity contribution in [2.45, 2.75) is 19.9 Å². The fourth-order valence-corrected chi connectivity index (χ4v) is 3.71. The Balaban J connectivity index is 1.61. The van der Waals surface area contributed by atoms with Crippen molar-refractivity contribution in [2.75, 3.05) is 28.3 Å². The second-order valence-corrected chi connectivity index (χ2v) is 7.93. The molecule has 8 heteroatoms. The maximum absolute atomic E-state index is 13.8. The Morgan fingerprint density at radius 2 is 1.93 bits per heavy atom. The SMILES string of the molecule is Cc1ccc(NC(=O)CSCC(=O)N2C[C@@H](C)NC(=O)c3ccc(F)cc32)cc1. The van der Waals surface area contributed by atoms with Gasteiger partial charge < -0.3 is 15.5 Å². The van der Waals surface area contributed by atoms with Crippen LogP contribution in [0.2, 0.25) is 0 Å². The summed E-state index contributed by atoms with van der Waals surface area (Å²) in [4.78, 5) is 38.5. The van der Waals surface area contributed by atoms with Crippen LogP contribution in [-0.4, -0.2) is 41.8 Å². The Bertz CT molecular complexity index is 933. The van der Waals surface area contributed by atoms with E-state index in [0.717, 1.165) is 5.56 Å². The van der Waals surface area contributed by atoms with Crippen LogP contribution in [0.25, 0.3) is 0 Å². The van der Waals surface area contributed by atoms with Crippen molar-refractivity contribution in [3.63, 3.8) is 0 Å². The van der Waals surface area contributed by atoms with E-state index in [0.29, 0.717) is 5.69 Å². The summed E-state index contributed by atoms with van der Waals surface area (Å²) < 4.78 is 13.8. The molecule has 152 valence electrons. The first-order chi connectivity index (χ1) is 13.8. The normalized spacial score (nSPS) is 15.9. The second kappa shape index (κ2) is 9.09. The topological polar surface area (TPSA) is 78.5 Å². The van der Waals surface area contributed by atoms with E-state index < -0.39 is 5.82 Å². The Labute approximate surface area is 172 Å². The third-order valence-corrected chi connectivity index (χ3v) is 5.34. The van der Waals surface area contributed by atoms with Crippen molar-refractivity contribution in [3.05, 3.63) is 59.4 Å². The largest absolute Gasteiger partial charge is 0.348 e. The van der Waals surface area contributed by atoms with Gasteiger partial charge in [0.2, 0.25) is 11.8 Å². The fourth-order valence-electron chi connectivity index (χ4n) is 3.02. The maximum atomic E-state index is 13.8. The number of fused-ring (bicyclic) bond motifs is 1. The molecule has 0 saturated heterocycles. The van der Waals surface area contributed by atoms with Crippen molar-refractivity contribution >= 4 is 40.9 Å². The highest BCUT2D eigenvalue weighted by Crippen LogP contribution is 2.26. The number of nitrogens with zero attached hydrogens (tertiary/aromatic N) is 1. The minimum atomic E-state index is -0.519. The minimum Gasteiger partial charge on any atom is -0.348 e. The number of benzene rings is 2. The van der Waals surface area contributed by atoms with Crippen LogP contribution in [0.5, 0.6) is 0 Å². The minimum absolute atomic E-state index is 0.0399. The van der Waals surface area contributed by atoms with Gasteiger partial charge in [-0.25, -0.2) is 4.39 Å². The van der Waals surface area contributed by atoms with Crippen LogP contribution in [-0.2, 0) is 9.59 Å². The summed E-state index contributed by atoms with van der Waals surface area (Å²) >= 11 is 1.17. The lowest BCUT2D eigenvalue weighted by Gasteiger charge is -2.24. The summed E-state index contributed by atoms with van der Waals surface area (Å²) in [6.07, 6.45) is 0. The number of thioether (sulfide) groups is 1. The molecule has 6 nitrogen and oxygen atoms in total. The lowest BCUT2D eigenvalue weighted by molar-refractivity contribution is -0.116. The highest BCUT2D eigenvalue weighted by atomic mass is 32.2. The Morgan fingerprint density at radius 1 is 1.21 bits per heavy atom. The van der Waals surface area contributed by atoms with E-state index in [2.05, 4.69) is 10.6 Å². The van der Waals surface area contributed by atoms with E-state index in [1.807, 2.05) is 31.2 Å². The standard InChI is InChI=1S/C21H22FN3O3S/c1-13-3-6-16(7-4-13)24-19(26)11-29-12-20(27)25-10-14(2)23-21(28)17-8-5-15(22)9-18(17)25/h3-9,14H,10-12H2,1-2H3,(H,23,28)(H,24,26)/t14-/m1/s1. The Kier molecular flexibility index (Phi) is 6.53. The number of hydrogen-bond donors (Lipinski definition) is 2. The van der Waals surface area contributed by atoms with E-state index in [-0.39, 0.29) is 53.1 Å². The Hall–Kier alpha value is -2.87. The molecule has 29 heavy (non-hydrogen) atoms. The molecule has 0 saturated carbocycles. The van der Waals surface area contributed by atoms with Gasteiger partial charge in [-0.05, 0) is 44.2 Å². The molecule has 1 atom stereocenters. The zero-order valence-electron chi connectivity index (χ0n) is 16.2. The average Bonchev–Trinajstić information content (AvgIpc) is 2.79. The fraction of sp³-hybridized carbons (Fsp3) is 0.286. The van der Waals surface area contributed by atoms with Gasteiger partial charge in [-0.1, -0.05) is 17.7 Å². The van der Waals surface area contributed by atoms with Crippen molar-refractivity contribution in [3.8, 4) is 0 Å². The molecule has 1 aliphatic rings. The van der Waals surface area contributed by atoms with Gasteiger partial charge in [-0.2, -0.15) is 0 Å². The van der Waals surface area contributed by atoms with Crippen molar-refractivity contribution < 1.29 is 18.8 Å². The maximum Gasteiger partial charge on any atom is 0.253 e. The molecular formula is C21H22FN3O3S. The first kappa shape index (κ1) is 20.9. The van der Waals surface area contributed by atoms with Gasteiger partial charge in [0.25, 0.3) is 5.91 Å². The lowest BCUT2D eigenvalue weighted by atomic mass is 10.1. The van der Waals surface area contributed by atoms with E-state index in [4.69, 9.17) is 0 Å². The van der Waals surface area contributed by atoms with Crippen LogP contribution in [0.3, 0.4) is 0 Å². The number of nitrogens with one attached hydrogen (secondary N) is 2. The number of anilines is 2. The van der Waals surface area contributed by atoms with Crippen LogP contribution >= 0.6 is 11.8 Å². The highest BCUT2D eigenvalue weighted by Gasteiger charge is 2.28. The predicted octanol–water partition coefficient (Wildman–Crippen LogP) is 2.97. The number of amides is 3.